The van der Waals surface area contributed by atoms with E-state index in [0.717, 1.165) is 16.4 Å². The number of carbonyl (C=O) groups excluding carboxylic acids is 1. The van der Waals surface area contributed by atoms with Crippen LogP contribution in [-0.2, 0) is 16.6 Å². The van der Waals surface area contributed by atoms with Crippen LogP contribution >= 0.6 is 0 Å². The van der Waals surface area contributed by atoms with Crippen molar-refractivity contribution in [1.29, 1.82) is 0 Å². The topological polar surface area (TPSA) is 104 Å². The number of carbonyl (C=O) groups is 1. The second-order valence-corrected chi connectivity index (χ2v) is 9.31. The maximum absolute atomic E-state index is 13.4. The summed E-state index contributed by atoms with van der Waals surface area (Å²) in [6.45, 7) is 6.79. The van der Waals surface area contributed by atoms with Gasteiger partial charge in [0.25, 0.3) is 15.7 Å². The van der Waals surface area contributed by atoms with E-state index < -0.39 is 21.0 Å². The highest BCUT2D eigenvalue weighted by Gasteiger charge is 2.34. The Hall–Kier alpha value is -2.98. The van der Waals surface area contributed by atoms with Gasteiger partial charge in [-0.2, -0.15) is 0 Å². The van der Waals surface area contributed by atoms with Gasteiger partial charge in [-0.25, -0.2) is 17.5 Å². The molecule has 0 aromatic heterocycles. The lowest BCUT2D eigenvalue weighted by molar-refractivity contribution is -0.384. The highest BCUT2D eigenvalue weighted by atomic mass is 32.2. The predicted octanol–water partition coefficient (Wildman–Crippen LogP) is 2.85. The third kappa shape index (κ3) is 5.20. The van der Waals surface area contributed by atoms with E-state index >= 15 is 0 Å². The standard InChI is InChI=1S/C21H26N4O5S/c1-3-22-12-14-23(15-13-22)21(26)24(16-18-6-8-19(9-7-18)25(27)28)31(29,30)20-10-4-17(2)5-11-20/h4-11H,3,12-16H2,1-2H3. The van der Waals surface area contributed by atoms with Gasteiger partial charge >= 0.3 is 6.03 Å². The molecule has 1 aliphatic heterocycles. The number of nitro groups is 1. The van der Waals surface area contributed by atoms with Crippen molar-refractivity contribution >= 4 is 21.7 Å². The van der Waals surface area contributed by atoms with Crippen molar-refractivity contribution in [1.82, 2.24) is 14.1 Å². The number of likely N-dealkylation sites (N-methyl/N-ethyl adjacent to an activating group) is 1. The van der Waals surface area contributed by atoms with E-state index in [9.17, 15) is 23.3 Å². The lowest BCUT2D eigenvalue weighted by atomic mass is 10.2. The molecule has 166 valence electrons. The molecule has 0 radical (unpaired) electrons. The molecule has 31 heavy (non-hydrogen) atoms. The van der Waals surface area contributed by atoms with E-state index in [1.165, 1.54) is 36.4 Å². The Morgan fingerprint density at radius 2 is 1.61 bits per heavy atom. The van der Waals surface area contributed by atoms with Gasteiger partial charge in [-0.3, -0.25) is 10.1 Å². The molecule has 9 nitrogen and oxygen atoms in total. The van der Waals surface area contributed by atoms with E-state index in [2.05, 4.69) is 4.90 Å². The number of benzene rings is 2. The Morgan fingerprint density at radius 1 is 1.03 bits per heavy atom. The molecule has 1 aliphatic rings. The Bertz CT molecular complexity index is 1030. The zero-order valence-electron chi connectivity index (χ0n) is 17.6. The summed E-state index contributed by atoms with van der Waals surface area (Å²) in [6, 6.07) is 11.3. The molecule has 1 fully saturated rings. The number of piperazine rings is 1. The van der Waals surface area contributed by atoms with Crippen LogP contribution in [0.15, 0.2) is 53.4 Å². The number of sulfonamides is 1. The summed E-state index contributed by atoms with van der Waals surface area (Å²) in [7, 11) is -4.12. The van der Waals surface area contributed by atoms with Crippen molar-refractivity contribution in [3.8, 4) is 0 Å². The summed E-state index contributed by atoms with van der Waals surface area (Å²) in [5, 5.41) is 10.9. The first-order valence-electron chi connectivity index (χ1n) is 10.1. The Kier molecular flexibility index (Phi) is 6.91. The van der Waals surface area contributed by atoms with Crippen molar-refractivity contribution in [2.75, 3.05) is 32.7 Å². The van der Waals surface area contributed by atoms with E-state index in [4.69, 9.17) is 0 Å². The Morgan fingerprint density at radius 3 is 2.13 bits per heavy atom. The summed E-state index contributed by atoms with van der Waals surface area (Å²) >= 11 is 0. The zero-order valence-corrected chi connectivity index (χ0v) is 18.4. The average Bonchev–Trinajstić information content (AvgIpc) is 2.77. The SMILES string of the molecule is CCN1CCN(C(=O)N(Cc2ccc([N+](=O)[O-])cc2)S(=O)(=O)c2ccc(C)cc2)CC1. The molecule has 0 saturated carbocycles. The number of non-ortho nitro benzene ring substituents is 1. The molecule has 0 atom stereocenters. The molecule has 10 heteroatoms. The lowest BCUT2D eigenvalue weighted by Gasteiger charge is -2.36. The van der Waals surface area contributed by atoms with Crippen LogP contribution in [0.2, 0.25) is 0 Å². The largest absolute Gasteiger partial charge is 0.334 e. The van der Waals surface area contributed by atoms with Crippen molar-refractivity contribution in [2.45, 2.75) is 25.3 Å². The van der Waals surface area contributed by atoms with Crippen LogP contribution in [0.5, 0.6) is 0 Å². The van der Waals surface area contributed by atoms with Crippen LogP contribution < -0.4 is 0 Å². The number of rotatable bonds is 6. The van der Waals surface area contributed by atoms with Gasteiger partial charge in [0.05, 0.1) is 16.4 Å². The van der Waals surface area contributed by atoms with Crippen molar-refractivity contribution in [3.63, 3.8) is 0 Å². The molecule has 2 aromatic carbocycles. The molecule has 0 aliphatic carbocycles. The summed E-state index contributed by atoms with van der Waals surface area (Å²) in [6.07, 6.45) is 0. The normalized spacial score (nSPS) is 15.0. The number of urea groups is 1. The van der Waals surface area contributed by atoms with E-state index in [0.29, 0.717) is 31.7 Å². The first-order valence-corrected chi connectivity index (χ1v) is 11.5. The molecule has 0 bridgehead atoms. The van der Waals surface area contributed by atoms with Crippen molar-refractivity contribution in [3.05, 3.63) is 69.8 Å². The molecule has 0 spiro atoms. The van der Waals surface area contributed by atoms with Gasteiger partial charge in [-0.05, 0) is 31.2 Å². The molecule has 1 heterocycles. The van der Waals surface area contributed by atoms with Gasteiger partial charge in [0.2, 0.25) is 0 Å². The lowest BCUT2D eigenvalue weighted by Crippen LogP contribution is -2.53. The molecule has 1 saturated heterocycles. The third-order valence-corrected chi connectivity index (χ3v) is 7.12. The number of hydrogen-bond acceptors (Lipinski definition) is 6. The maximum atomic E-state index is 13.4. The molecular formula is C21H26N4O5S. The van der Waals surface area contributed by atoms with Gasteiger partial charge in [0, 0.05) is 38.3 Å². The fraction of sp³-hybridized carbons (Fsp3) is 0.381. The quantitative estimate of drug-likeness (QED) is 0.499. The highest BCUT2D eigenvalue weighted by Crippen LogP contribution is 2.22. The van der Waals surface area contributed by atoms with Crippen LogP contribution in [-0.4, -0.2) is 66.2 Å². The van der Waals surface area contributed by atoms with Gasteiger partial charge in [-0.1, -0.05) is 36.8 Å². The first-order chi connectivity index (χ1) is 14.7. The summed E-state index contributed by atoms with van der Waals surface area (Å²) in [5.74, 6) is 0. The Balaban J connectivity index is 1.92. The number of nitro benzene ring substituents is 1. The molecule has 0 unspecified atom stereocenters. The smallest absolute Gasteiger partial charge is 0.321 e. The number of aryl methyl sites for hydroxylation is 1. The molecular weight excluding hydrogens is 420 g/mol. The van der Waals surface area contributed by atoms with E-state index in [-0.39, 0.29) is 17.1 Å². The third-order valence-electron chi connectivity index (χ3n) is 5.39. The van der Waals surface area contributed by atoms with Crippen molar-refractivity contribution in [2.24, 2.45) is 0 Å². The van der Waals surface area contributed by atoms with Crippen LogP contribution in [0.1, 0.15) is 18.1 Å². The number of amides is 2. The zero-order chi connectivity index (χ0) is 22.6. The highest BCUT2D eigenvalue weighted by molar-refractivity contribution is 7.89. The summed E-state index contributed by atoms with van der Waals surface area (Å²) < 4.78 is 27.6. The number of hydrogen-bond donors (Lipinski definition) is 0. The van der Waals surface area contributed by atoms with Crippen molar-refractivity contribution < 1.29 is 18.1 Å². The monoisotopic (exact) mass is 446 g/mol. The van der Waals surface area contributed by atoms with Gasteiger partial charge in [0.1, 0.15) is 0 Å². The van der Waals surface area contributed by atoms with Crippen LogP contribution in [0.3, 0.4) is 0 Å². The second kappa shape index (κ2) is 9.44. The predicted molar refractivity (Wildman–Crippen MR) is 116 cm³/mol. The minimum Gasteiger partial charge on any atom is -0.321 e. The molecule has 2 aromatic rings. The molecule has 0 N–H and O–H groups in total. The average molecular weight is 447 g/mol. The van der Waals surface area contributed by atoms with Crippen LogP contribution in [0.25, 0.3) is 0 Å². The fourth-order valence-electron chi connectivity index (χ4n) is 3.39. The van der Waals surface area contributed by atoms with Crippen LogP contribution in [0.4, 0.5) is 10.5 Å². The van der Waals surface area contributed by atoms with Crippen LogP contribution in [0, 0.1) is 17.0 Å². The van der Waals surface area contributed by atoms with E-state index in [1.54, 1.807) is 17.0 Å². The van der Waals surface area contributed by atoms with Gasteiger partial charge in [-0.15, -0.1) is 0 Å². The number of nitrogens with zero attached hydrogens (tertiary/aromatic N) is 4. The van der Waals surface area contributed by atoms with E-state index in [1.807, 2.05) is 13.8 Å². The fourth-order valence-corrected chi connectivity index (χ4v) is 4.77. The Labute approximate surface area is 182 Å². The first kappa shape index (κ1) is 22.7. The molecule has 2 amide bonds. The maximum Gasteiger partial charge on any atom is 0.334 e. The summed E-state index contributed by atoms with van der Waals surface area (Å²) in [5.41, 5.74) is 1.29. The minimum absolute atomic E-state index is 0.0283. The second-order valence-electron chi connectivity index (χ2n) is 7.45. The van der Waals surface area contributed by atoms with Gasteiger partial charge < -0.3 is 9.80 Å². The molecule has 3 rings (SSSR count). The minimum atomic E-state index is -4.12. The summed E-state index contributed by atoms with van der Waals surface area (Å²) in [4.78, 5) is 27.5. The van der Waals surface area contributed by atoms with Gasteiger partial charge in [0.15, 0.2) is 0 Å².